The Morgan fingerprint density at radius 2 is 2.05 bits per heavy atom. The van der Waals surface area contributed by atoms with Gasteiger partial charge in [0.05, 0.1) is 0 Å². The van der Waals surface area contributed by atoms with E-state index in [-0.39, 0.29) is 5.82 Å². The highest BCUT2D eigenvalue weighted by atomic mass is 19.1. The topological polar surface area (TPSA) is 15.3 Å². The van der Waals surface area contributed by atoms with Crippen LogP contribution in [0.2, 0.25) is 0 Å². The molecule has 0 heterocycles. The van der Waals surface area contributed by atoms with Gasteiger partial charge >= 0.3 is 0 Å². The van der Waals surface area contributed by atoms with Crippen molar-refractivity contribution in [2.24, 2.45) is 5.41 Å². The van der Waals surface area contributed by atoms with E-state index < -0.39 is 0 Å². The maximum absolute atomic E-state index is 13.7. The molecule has 1 fully saturated rings. The highest BCUT2D eigenvalue weighted by molar-refractivity contribution is 5.17. The lowest BCUT2D eigenvalue weighted by molar-refractivity contribution is 0.170. The van der Waals surface area contributed by atoms with Crippen LogP contribution < -0.4 is 5.32 Å². The molecule has 0 aromatic heterocycles. The van der Waals surface area contributed by atoms with Crippen molar-refractivity contribution in [2.75, 3.05) is 14.1 Å². The second-order valence-electron chi connectivity index (χ2n) is 6.37. The minimum absolute atomic E-state index is 0.104. The van der Waals surface area contributed by atoms with E-state index in [4.69, 9.17) is 0 Å². The van der Waals surface area contributed by atoms with Crippen LogP contribution in [0.4, 0.5) is 4.39 Å². The van der Waals surface area contributed by atoms with Crippen LogP contribution in [-0.2, 0) is 6.54 Å². The van der Waals surface area contributed by atoms with Gasteiger partial charge in [-0.05, 0) is 38.4 Å². The van der Waals surface area contributed by atoms with Crippen molar-refractivity contribution in [2.45, 2.75) is 45.3 Å². The Labute approximate surface area is 116 Å². The predicted molar refractivity (Wildman–Crippen MR) is 77.5 cm³/mol. The zero-order valence-corrected chi connectivity index (χ0v) is 12.4. The lowest BCUT2D eigenvalue weighted by atomic mass is 9.86. The van der Waals surface area contributed by atoms with Crippen molar-refractivity contribution in [3.63, 3.8) is 0 Å². The van der Waals surface area contributed by atoms with Crippen molar-refractivity contribution in [3.8, 4) is 0 Å². The summed E-state index contributed by atoms with van der Waals surface area (Å²) >= 11 is 0. The minimum Gasteiger partial charge on any atom is -0.315 e. The van der Waals surface area contributed by atoms with Gasteiger partial charge in [-0.25, -0.2) is 4.39 Å². The first kappa shape index (κ1) is 14.5. The van der Waals surface area contributed by atoms with Crippen LogP contribution in [0.15, 0.2) is 24.3 Å². The molecule has 3 heteroatoms. The van der Waals surface area contributed by atoms with E-state index in [9.17, 15) is 4.39 Å². The fourth-order valence-corrected chi connectivity index (χ4v) is 3.43. The maximum Gasteiger partial charge on any atom is 0.127 e. The zero-order chi connectivity index (χ0) is 14.0. The summed E-state index contributed by atoms with van der Waals surface area (Å²) in [5.41, 5.74) is 1.09. The van der Waals surface area contributed by atoms with Crippen LogP contribution in [0.25, 0.3) is 0 Å². The van der Waals surface area contributed by atoms with Gasteiger partial charge in [0.2, 0.25) is 0 Å². The van der Waals surface area contributed by atoms with E-state index in [0.717, 1.165) is 5.56 Å². The van der Waals surface area contributed by atoms with Crippen molar-refractivity contribution in [1.82, 2.24) is 10.2 Å². The van der Waals surface area contributed by atoms with Crippen LogP contribution in [0.5, 0.6) is 0 Å². The van der Waals surface area contributed by atoms with Gasteiger partial charge in [-0.2, -0.15) is 0 Å². The van der Waals surface area contributed by atoms with Gasteiger partial charge in [0.25, 0.3) is 0 Å². The van der Waals surface area contributed by atoms with Gasteiger partial charge in [-0.3, -0.25) is 4.90 Å². The third-order valence-electron chi connectivity index (χ3n) is 4.57. The van der Waals surface area contributed by atoms with Crippen LogP contribution >= 0.6 is 0 Å². The summed E-state index contributed by atoms with van der Waals surface area (Å²) in [5.74, 6) is -0.104. The Morgan fingerprint density at radius 1 is 1.37 bits per heavy atom. The number of nitrogens with zero attached hydrogens (tertiary/aromatic N) is 1. The number of halogens is 1. The lowest BCUT2D eigenvalue weighted by Gasteiger charge is -2.35. The minimum atomic E-state index is -0.104. The summed E-state index contributed by atoms with van der Waals surface area (Å²) in [6.07, 6.45) is 2.38. The summed E-state index contributed by atoms with van der Waals surface area (Å²) in [6, 6.07) is 8.00. The van der Waals surface area contributed by atoms with Gasteiger partial charge in [0.15, 0.2) is 0 Å². The Kier molecular flexibility index (Phi) is 4.26. The first-order chi connectivity index (χ1) is 8.95. The molecule has 2 atom stereocenters. The number of hydrogen-bond donors (Lipinski definition) is 1. The Hall–Kier alpha value is -0.930. The number of benzene rings is 1. The molecule has 106 valence electrons. The molecule has 1 saturated carbocycles. The van der Waals surface area contributed by atoms with Crippen molar-refractivity contribution in [1.29, 1.82) is 0 Å². The fourth-order valence-electron chi connectivity index (χ4n) is 3.43. The predicted octanol–water partition coefficient (Wildman–Crippen LogP) is 3.03. The SMILES string of the molecule is CNC1C(N(C)Cc2ccccc2F)CCC1(C)C. The lowest BCUT2D eigenvalue weighted by Crippen LogP contribution is -2.49. The van der Waals surface area contributed by atoms with Gasteiger partial charge in [0.1, 0.15) is 5.82 Å². The summed E-state index contributed by atoms with van der Waals surface area (Å²) in [7, 11) is 4.13. The van der Waals surface area contributed by atoms with Crippen LogP contribution in [-0.4, -0.2) is 31.1 Å². The molecule has 1 aliphatic carbocycles. The average molecular weight is 264 g/mol. The third-order valence-corrected chi connectivity index (χ3v) is 4.57. The molecule has 1 aromatic carbocycles. The van der Waals surface area contributed by atoms with E-state index in [1.807, 2.05) is 19.2 Å². The number of likely N-dealkylation sites (N-methyl/N-ethyl adjacent to an activating group) is 2. The fraction of sp³-hybridized carbons (Fsp3) is 0.625. The van der Waals surface area contributed by atoms with Gasteiger partial charge in [0, 0.05) is 24.2 Å². The monoisotopic (exact) mass is 264 g/mol. The van der Waals surface area contributed by atoms with E-state index in [1.165, 1.54) is 18.9 Å². The Bertz CT molecular complexity index is 431. The molecular weight excluding hydrogens is 239 g/mol. The average Bonchev–Trinajstić information content (AvgIpc) is 2.67. The largest absolute Gasteiger partial charge is 0.315 e. The summed E-state index contributed by atoms with van der Waals surface area (Å²) in [5, 5.41) is 3.45. The molecule has 0 spiro atoms. The maximum atomic E-state index is 13.7. The van der Waals surface area contributed by atoms with Crippen molar-refractivity contribution in [3.05, 3.63) is 35.6 Å². The molecule has 0 aliphatic heterocycles. The molecule has 0 amide bonds. The first-order valence-electron chi connectivity index (χ1n) is 7.06. The Balaban J connectivity index is 2.08. The van der Waals surface area contributed by atoms with E-state index in [0.29, 0.717) is 24.0 Å². The molecule has 2 unspecified atom stereocenters. The van der Waals surface area contributed by atoms with Gasteiger partial charge in [-0.15, -0.1) is 0 Å². The number of hydrogen-bond acceptors (Lipinski definition) is 2. The second-order valence-corrected chi connectivity index (χ2v) is 6.37. The molecule has 0 bridgehead atoms. The first-order valence-corrected chi connectivity index (χ1v) is 7.06. The van der Waals surface area contributed by atoms with E-state index in [1.54, 1.807) is 6.07 Å². The normalized spacial score (nSPS) is 26.0. The summed E-state index contributed by atoms with van der Waals surface area (Å²) in [4.78, 5) is 2.29. The highest BCUT2D eigenvalue weighted by Gasteiger charge is 2.42. The van der Waals surface area contributed by atoms with E-state index in [2.05, 4.69) is 31.1 Å². The van der Waals surface area contributed by atoms with Crippen molar-refractivity contribution >= 4 is 0 Å². The summed E-state index contributed by atoms with van der Waals surface area (Å²) < 4.78 is 13.7. The smallest absolute Gasteiger partial charge is 0.127 e. The number of nitrogens with one attached hydrogen (secondary N) is 1. The molecule has 0 radical (unpaired) electrons. The molecule has 19 heavy (non-hydrogen) atoms. The highest BCUT2D eigenvalue weighted by Crippen LogP contribution is 2.39. The Morgan fingerprint density at radius 3 is 2.68 bits per heavy atom. The van der Waals surface area contributed by atoms with E-state index >= 15 is 0 Å². The van der Waals surface area contributed by atoms with Gasteiger partial charge < -0.3 is 5.32 Å². The molecular formula is C16H25FN2. The standard InChI is InChI=1S/C16H25FN2/c1-16(2)10-9-14(15(16)18-3)19(4)11-12-7-5-6-8-13(12)17/h5-8,14-15,18H,9-11H2,1-4H3. The quantitative estimate of drug-likeness (QED) is 0.899. The second kappa shape index (κ2) is 5.59. The summed E-state index contributed by atoms with van der Waals surface area (Å²) in [6.45, 7) is 5.29. The van der Waals surface area contributed by atoms with Crippen LogP contribution in [0.3, 0.4) is 0 Å². The third kappa shape index (κ3) is 2.98. The van der Waals surface area contributed by atoms with Crippen LogP contribution in [0.1, 0.15) is 32.3 Å². The van der Waals surface area contributed by atoms with Gasteiger partial charge in [-0.1, -0.05) is 32.0 Å². The zero-order valence-electron chi connectivity index (χ0n) is 12.4. The molecule has 1 N–H and O–H groups in total. The molecule has 2 rings (SSSR count). The molecule has 0 saturated heterocycles. The van der Waals surface area contributed by atoms with Crippen LogP contribution in [0, 0.1) is 11.2 Å². The molecule has 2 nitrogen and oxygen atoms in total. The molecule has 1 aromatic rings. The van der Waals surface area contributed by atoms with Crippen molar-refractivity contribution < 1.29 is 4.39 Å². The molecule has 1 aliphatic rings. The number of rotatable bonds is 4.